The van der Waals surface area contributed by atoms with E-state index in [0.29, 0.717) is 0 Å². The van der Waals surface area contributed by atoms with Crippen LogP contribution in [0.1, 0.15) is 60.3 Å². The summed E-state index contributed by atoms with van der Waals surface area (Å²) < 4.78 is 0. The van der Waals surface area contributed by atoms with Crippen LogP contribution < -0.4 is 0 Å². The molecule has 0 aromatic carbocycles. The molecule has 0 rings (SSSR count). The Labute approximate surface area is 67.0 Å². The zero-order valence-electron chi connectivity index (χ0n) is 8.41. The number of rotatable bonds is 3. The van der Waals surface area contributed by atoms with Crippen LogP contribution in [0.3, 0.4) is 0 Å². The summed E-state index contributed by atoms with van der Waals surface area (Å²) in [6.45, 7) is 11.0. The Hall–Kier alpha value is 0. The van der Waals surface area contributed by atoms with Gasteiger partial charge in [-0.2, -0.15) is 0 Å². The molecule has 0 aromatic rings. The average Bonchev–Trinajstić information content (AvgIpc) is 1.85. The van der Waals surface area contributed by atoms with Crippen LogP contribution in [0.2, 0.25) is 0 Å². The van der Waals surface area contributed by atoms with Gasteiger partial charge in [0.05, 0.1) is 0 Å². The largest absolute Gasteiger partial charge is 0.0656 e. The van der Waals surface area contributed by atoms with Gasteiger partial charge < -0.3 is 0 Å². The van der Waals surface area contributed by atoms with E-state index < -0.39 is 0 Å². The topological polar surface area (TPSA) is 0 Å². The maximum absolute atomic E-state index is 2.27. The SMILES string of the molecule is CCC.CCCCC(C)C. The Morgan fingerprint density at radius 3 is 1.50 bits per heavy atom. The molecule has 0 aliphatic carbocycles. The summed E-state index contributed by atoms with van der Waals surface area (Å²) in [7, 11) is 0. The van der Waals surface area contributed by atoms with E-state index in [2.05, 4.69) is 34.6 Å². The molecule has 0 aliphatic heterocycles. The molecule has 0 spiro atoms. The van der Waals surface area contributed by atoms with Crippen LogP contribution in [-0.2, 0) is 0 Å². The predicted octanol–water partition coefficient (Wildman–Crippen LogP) is 4.25. The van der Waals surface area contributed by atoms with Crippen LogP contribution in [0, 0.1) is 5.92 Å². The van der Waals surface area contributed by atoms with E-state index in [9.17, 15) is 0 Å². The Balaban J connectivity index is 0. The molecule has 0 bridgehead atoms. The Morgan fingerprint density at radius 2 is 1.40 bits per heavy atom. The van der Waals surface area contributed by atoms with Crippen molar-refractivity contribution in [2.75, 3.05) is 0 Å². The standard InChI is InChI=1S/C7H16.C3H8/c1-4-5-6-7(2)3;1-3-2/h7H,4-6H2,1-3H3;3H2,1-2H3. The molecule has 10 heavy (non-hydrogen) atoms. The van der Waals surface area contributed by atoms with Gasteiger partial charge >= 0.3 is 0 Å². The lowest BCUT2D eigenvalue weighted by atomic mass is 10.1. The van der Waals surface area contributed by atoms with Gasteiger partial charge in [0, 0.05) is 0 Å². The zero-order chi connectivity index (χ0) is 8.41. The first-order valence-electron chi connectivity index (χ1n) is 4.68. The summed E-state index contributed by atoms with van der Waals surface area (Å²) in [5, 5.41) is 0. The first-order chi connectivity index (χ1) is 4.68. The van der Waals surface area contributed by atoms with Crippen LogP contribution in [0.25, 0.3) is 0 Å². The fraction of sp³-hybridized carbons (Fsp3) is 1.00. The van der Waals surface area contributed by atoms with Crippen molar-refractivity contribution in [3.8, 4) is 0 Å². The van der Waals surface area contributed by atoms with Gasteiger partial charge in [0.25, 0.3) is 0 Å². The molecule has 0 radical (unpaired) electrons. The second-order valence-electron chi connectivity index (χ2n) is 3.24. The molecule has 0 fully saturated rings. The van der Waals surface area contributed by atoms with Crippen LogP contribution in [0.4, 0.5) is 0 Å². The van der Waals surface area contributed by atoms with Crippen molar-refractivity contribution in [2.24, 2.45) is 5.92 Å². The molecule has 0 amide bonds. The third-order valence-corrected chi connectivity index (χ3v) is 1.14. The summed E-state index contributed by atoms with van der Waals surface area (Å²) in [6, 6.07) is 0. The maximum Gasteiger partial charge on any atom is -0.0471 e. The first-order valence-corrected chi connectivity index (χ1v) is 4.68. The van der Waals surface area contributed by atoms with Crippen molar-refractivity contribution < 1.29 is 0 Å². The fourth-order valence-corrected chi connectivity index (χ4v) is 0.612. The van der Waals surface area contributed by atoms with Crippen LogP contribution in [0.5, 0.6) is 0 Å². The van der Waals surface area contributed by atoms with Crippen molar-refractivity contribution >= 4 is 0 Å². The molecule has 0 atom stereocenters. The van der Waals surface area contributed by atoms with E-state index in [1.807, 2.05) is 0 Å². The minimum atomic E-state index is 0.903. The second kappa shape index (κ2) is 11.8. The van der Waals surface area contributed by atoms with E-state index in [4.69, 9.17) is 0 Å². The summed E-state index contributed by atoms with van der Waals surface area (Å²) in [5.74, 6) is 0.903. The highest BCUT2D eigenvalue weighted by Crippen LogP contribution is 2.04. The van der Waals surface area contributed by atoms with Crippen molar-refractivity contribution in [3.63, 3.8) is 0 Å². The maximum atomic E-state index is 2.27. The van der Waals surface area contributed by atoms with Gasteiger partial charge in [0.2, 0.25) is 0 Å². The van der Waals surface area contributed by atoms with Gasteiger partial charge in [-0.15, -0.1) is 0 Å². The van der Waals surface area contributed by atoms with E-state index >= 15 is 0 Å². The van der Waals surface area contributed by atoms with Gasteiger partial charge in [0.1, 0.15) is 0 Å². The number of unbranched alkanes of at least 4 members (excludes halogenated alkanes) is 1. The van der Waals surface area contributed by atoms with Gasteiger partial charge in [-0.25, -0.2) is 0 Å². The number of hydrogen-bond donors (Lipinski definition) is 0. The smallest absolute Gasteiger partial charge is 0.0471 e. The molecular formula is C10H24. The monoisotopic (exact) mass is 144 g/mol. The molecule has 0 unspecified atom stereocenters. The Morgan fingerprint density at radius 1 is 1.00 bits per heavy atom. The highest BCUT2D eigenvalue weighted by atomic mass is 13.9. The van der Waals surface area contributed by atoms with Crippen LogP contribution >= 0.6 is 0 Å². The quantitative estimate of drug-likeness (QED) is 0.555. The first kappa shape index (κ1) is 12.7. The number of hydrogen-bond acceptors (Lipinski definition) is 0. The normalized spacial score (nSPS) is 9.00. The van der Waals surface area contributed by atoms with Crippen LogP contribution in [-0.4, -0.2) is 0 Å². The third-order valence-electron chi connectivity index (χ3n) is 1.14. The summed E-state index contributed by atoms with van der Waals surface area (Å²) in [5.41, 5.74) is 0. The minimum Gasteiger partial charge on any atom is -0.0656 e. The molecule has 0 nitrogen and oxygen atoms in total. The summed E-state index contributed by atoms with van der Waals surface area (Å²) in [4.78, 5) is 0. The average molecular weight is 144 g/mol. The van der Waals surface area contributed by atoms with Crippen molar-refractivity contribution in [1.29, 1.82) is 0 Å². The summed E-state index contributed by atoms with van der Waals surface area (Å²) >= 11 is 0. The minimum absolute atomic E-state index is 0.903. The van der Waals surface area contributed by atoms with Gasteiger partial charge in [-0.05, 0) is 5.92 Å². The molecule has 0 heterocycles. The lowest BCUT2D eigenvalue weighted by Gasteiger charge is -1.98. The van der Waals surface area contributed by atoms with E-state index in [0.717, 1.165) is 5.92 Å². The molecule has 0 saturated carbocycles. The summed E-state index contributed by atoms with van der Waals surface area (Å²) in [6.07, 6.45) is 5.40. The van der Waals surface area contributed by atoms with Gasteiger partial charge in [-0.1, -0.05) is 60.3 Å². The highest BCUT2D eigenvalue weighted by Gasteiger charge is 1.88. The molecule has 0 saturated heterocycles. The van der Waals surface area contributed by atoms with Crippen molar-refractivity contribution in [1.82, 2.24) is 0 Å². The van der Waals surface area contributed by atoms with Crippen molar-refractivity contribution in [3.05, 3.63) is 0 Å². The van der Waals surface area contributed by atoms with Crippen LogP contribution in [0.15, 0.2) is 0 Å². The van der Waals surface area contributed by atoms with E-state index in [-0.39, 0.29) is 0 Å². The fourth-order valence-electron chi connectivity index (χ4n) is 0.612. The van der Waals surface area contributed by atoms with Crippen molar-refractivity contribution in [2.45, 2.75) is 60.3 Å². The zero-order valence-corrected chi connectivity index (χ0v) is 8.41. The van der Waals surface area contributed by atoms with Gasteiger partial charge in [0.15, 0.2) is 0 Å². The third kappa shape index (κ3) is 24.5. The van der Waals surface area contributed by atoms with E-state index in [1.54, 1.807) is 0 Å². The molecule has 0 heteroatoms. The lowest BCUT2D eigenvalue weighted by molar-refractivity contribution is 0.550. The molecule has 0 aromatic heterocycles. The molecule has 64 valence electrons. The molecule has 0 N–H and O–H groups in total. The molecular weight excluding hydrogens is 120 g/mol. The second-order valence-corrected chi connectivity index (χ2v) is 3.24. The predicted molar refractivity (Wildman–Crippen MR) is 50.3 cm³/mol. The lowest BCUT2D eigenvalue weighted by Crippen LogP contribution is -1.83. The highest BCUT2D eigenvalue weighted by molar-refractivity contribution is 4.42. The Kier molecular flexibility index (Phi) is 14.9. The van der Waals surface area contributed by atoms with Gasteiger partial charge in [-0.3, -0.25) is 0 Å². The van der Waals surface area contributed by atoms with E-state index in [1.165, 1.54) is 25.7 Å². The Bertz CT molecular complexity index is 37.3. The molecule has 0 aliphatic rings.